The third-order valence-electron chi connectivity index (χ3n) is 3.00. The van der Waals surface area contributed by atoms with Gasteiger partial charge in [-0.1, -0.05) is 12.1 Å². The molecule has 0 nitrogen and oxygen atoms in total. The molecule has 0 heterocycles. The second kappa shape index (κ2) is 14.8. The van der Waals surface area contributed by atoms with E-state index >= 15 is 0 Å². The lowest BCUT2D eigenvalue weighted by Crippen LogP contribution is -1.98. The number of thioether (sulfide) groups is 4. The van der Waals surface area contributed by atoms with Gasteiger partial charge in [0, 0.05) is 39.4 Å². The lowest BCUT2D eigenvalue weighted by Gasteiger charge is -2.16. The highest BCUT2D eigenvalue weighted by Crippen LogP contribution is 2.33. The van der Waals surface area contributed by atoms with Crippen LogP contribution in [-0.2, 0) is 17.3 Å². The van der Waals surface area contributed by atoms with Crippen LogP contribution >= 0.6 is 84.9 Å². The number of rotatable bonds is 13. The summed E-state index contributed by atoms with van der Waals surface area (Å²) in [5, 5.41) is 0. The van der Waals surface area contributed by atoms with Gasteiger partial charge < -0.3 is 0 Å². The first-order valence-corrected chi connectivity index (χ1v) is 14.1. The Kier molecular flexibility index (Phi) is 14.6. The zero-order chi connectivity index (χ0) is 16.9. The SMILES string of the molecule is CSc1c(CSCCS)cc(CSCCS)cc1CSCCS. The van der Waals surface area contributed by atoms with E-state index in [1.54, 1.807) is 0 Å². The van der Waals surface area contributed by atoms with Crippen molar-refractivity contribution in [1.29, 1.82) is 0 Å². The summed E-state index contributed by atoms with van der Waals surface area (Å²) in [7, 11) is 0. The molecule has 1 rings (SSSR count). The quantitative estimate of drug-likeness (QED) is 0.198. The van der Waals surface area contributed by atoms with Crippen LogP contribution in [0.25, 0.3) is 0 Å². The van der Waals surface area contributed by atoms with Crippen LogP contribution in [-0.4, -0.2) is 40.8 Å². The molecule has 0 spiro atoms. The highest BCUT2D eigenvalue weighted by atomic mass is 32.2. The van der Waals surface area contributed by atoms with Crippen molar-refractivity contribution in [3.63, 3.8) is 0 Å². The molecule has 0 atom stereocenters. The van der Waals surface area contributed by atoms with Gasteiger partial charge in [0.05, 0.1) is 0 Å². The van der Waals surface area contributed by atoms with E-state index in [1.807, 2.05) is 47.0 Å². The standard InChI is InChI=1S/C16H26S7/c1-20-16-14(11-22-6-3-18)8-13(10-21-5-2-17)9-15(16)12-23-7-4-19/h8-9,17-19H,2-7,10-12H2,1H3. The van der Waals surface area contributed by atoms with Crippen molar-refractivity contribution >= 4 is 84.9 Å². The molecule has 0 saturated heterocycles. The number of hydrogen-bond donors (Lipinski definition) is 3. The van der Waals surface area contributed by atoms with Gasteiger partial charge in [-0.25, -0.2) is 0 Å². The number of thiol groups is 3. The maximum atomic E-state index is 4.32. The summed E-state index contributed by atoms with van der Waals surface area (Å²) in [6, 6.07) is 4.82. The fraction of sp³-hybridized carbons (Fsp3) is 0.625. The number of hydrogen-bond acceptors (Lipinski definition) is 7. The van der Waals surface area contributed by atoms with E-state index in [0.717, 1.165) is 51.8 Å². The van der Waals surface area contributed by atoms with E-state index in [1.165, 1.54) is 21.6 Å². The summed E-state index contributed by atoms with van der Waals surface area (Å²) in [4.78, 5) is 1.48. The first kappa shape index (κ1) is 22.7. The Morgan fingerprint density at radius 1 is 0.739 bits per heavy atom. The molecular weight excluding hydrogens is 417 g/mol. The van der Waals surface area contributed by atoms with E-state index in [0.29, 0.717) is 0 Å². The molecule has 7 heteroatoms. The lowest BCUT2D eigenvalue weighted by molar-refractivity contribution is 1.15. The van der Waals surface area contributed by atoms with E-state index in [4.69, 9.17) is 0 Å². The van der Waals surface area contributed by atoms with Crippen molar-refractivity contribution < 1.29 is 0 Å². The minimum absolute atomic E-state index is 0.946. The van der Waals surface area contributed by atoms with Gasteiger partial charge in [-0.05, 0) is 40.2 Å². The maximum Gasteiger partial charge on any atom is 0.0196 e. The molecule has 23 heavy (non-hydrogen) atoms. The minimum atomic E-state index is 0.946. The summed E-state index contributed by atoms with van der Waals surface area (Å²) in [6.07, 6.45) is 2.20. The summed E-state index contributed by atoms with van der Waals surface area (Å²) in [5.41, 5.74) is 4.45. The Balaban J connectivity index is 2.92. The van der Waals surface area contributed by atoms with Crippen LogP contribution in [0.3, 0.4) is 0 Å². The molecule has 0 aliphatic rings. The van der Waals surface area contributed by atoms with E-state index in [-0.39, 0.29) is 0 Å². The molecule has 0 aromatic heterocycles. The molecule has 0 aliphatic carbocycles. The Morgan fingerprint density at radius 2 is 1.17 bits per heavy atom. The van der Waals surface area contributed by atoms with E-state index < -0.39 is 0 Å². The van der Waals surface area contributed by atoms with Gasteiger partial charge in [-0.15, -0.1) is 11.8 Å². The van der Waals surface area contributed by atoms with Crippen molar-refractivity contribution in [2.75, 3.05) is 40.8 Å². The first-order chi connectivity index (χ1) is 11.3. The third-order valence-corrected chi connectivity index (χ3v) is 8.55. The van der Waals surface area contributed by atoms with E-state index in [9.17, 15) is 0 Å². The third kappa shape index (κ3) is 9.25. The highest BCUT2D eigenvalue weighted by Gasteiger charge is 2.11. The topological polar surface area (TPSA) is 0 Å². The summed E-state index contributed by atoms with van der Waals surface area (Å²) in [5.74, 6) is 9.44. The normalized spacial score (nSPS) is 11.1. The Morgan fingerprint density at radius 3 is 1.57 bits per heavy atom. The van der Waals surface area contributed by atoms with Gasteiger partial charge in [-0.2, -0.15) is 73.2 Å². The molecule has 0 unspecified atom stereocenters. The first-order valence-electron chi connectivity index (χ1n) is 7.51. The highest BCUT2D eigenvalue weighted by molar-refractivity contribution is 8.00. The monoisotopic (exact) mass is 442 g/mol. The van der Waals surface area contributed by atoms with Gasteiger partial charge in [0.25, 0.3) is 0 Å². The summed E-state index contributed by atoms with van der Waals surface area (Å²) in [6.45, 7) is 0. The van der Waals surface area contributed by atoms with Crippen LogP contribution in [0, 0.1) is 0 Å². The van der Waals surface area contributed by atoms with Gasteiger partial charge in [-0.3, -0.25) is 0 Å². The molecule has 0 amide bonds. The van der Waals surface area contributed by atoms with Crippen LogP contribution in [0.15, 0.2) is 17.0 Å². The van der Waals surface area contributed by atoms with Gasteiger partial charge in [0.2, 0.25) is 0 Å². The molecule has 0 fully saturated rings. The molecule has 0 N–H and O–H groups in total. The van der Waals surface area contributed by atoms with Gasteiger partial charge in [0.15, 0.2) is 0 Å². The lowest BCUT2D eigenvalue weighted by atomic mass is 10.1. The fourth-order valence-electron chi connectivity index (χ4n) is 2.13. The van der Waals surface area contributed by atoms with Gasteiger partial charge in [0.1, 0.15) is 0 Å². The van der Waals surface area contributed by atoms with Crippen LogP contribution in [0.4, 0.5) is 0 Å². The van der Waals surface area contributed by atoms with Crippen molar-refractivity contribution in [3.05, 3.63) is 28.8 Å². The predicted molar refractivity (Wildman–Crippen MR) is 128 cm³/mol. The number of benzene rings is 1. The van der Waals surface area contributed by atoms with Crippen LogP contribution in [0.5, 0.6) is 0 Å². The molecule has 0 aliphatic heterocycles. The van der Waals surface area contributed by atoms with Crippen molar-refractivity contribution in [3.8, 4) is 0 Å². The molecule has 0 saturated carbocycles. The van der Waals surface area contributed by atoms with Gasteiger partial charge >= 0.3 is 0 Å². The second-order valence-corrected chi connectivity index (χ2v) is 10.2. The molecule has 0 radical (unpaired) electrons. The predicted octanol–water partition coefficient (Wildman–Crippen LogP) is 5.90. The van der Waals surface area contributed by atoms with Crippen molar-refractivity contribution in [2.24, 2.45) is 0 Å². The maximum absolute atomic E-state index is 4.32. The Labute approximate surface area is 175 Å². The molecule has 132 valence electrons. The summed E-state index contributed by atoms with van der Waals surface area (Å²) < 4.78 is 0. The smallest absolute Gasteiger partial charge is 0.0196 e. The van der Waals surface area contributed by atoms with Crippen LogP contribution in [0.2, 0.25) is 0 Å². The average molecular weight is 443 g/mol. The van der Waals surface area contributed by atoms with Crippen LogP contribution < -0.4 is 0 Å². The van der Waals surface area contributed by atoms with Crippen LogP contribution in [0.1, 0.15) is 16.7 Å². The molecule has 1 aromatic carbocycles. The molecule has 0 bridgehead atoms. The Bertz CT molecular complexity index is 405. The zero-order valence-corrected chi connectivity index (χ0v) is 19.4. The molecular formula is C16H26S7. The Hall–Kier alpha value is 1.67. The largest absolute Gasteiger partial charge is 0.179 e. The van der Waals surface area contributed by atoms with Crippen molar-refractivity contribution in [2.45, 2.75) is 22.2 Å². The molecule has 1 aromatic rings. The van der Waals surface area contributed by atoms with E-state index in [2.05, 4.69) is 56.3 Å². The second-order valence-electron chi connectivity index (χ2n) is 4.78. The fourth-order valence-corrected chi connectivity index (χ4v) is 6.38. The van der Waals surface area contributed by atoms with Crippen molar-refractivity contribution in [1.82, 2.24) is 0 Å². The zero-order valence-electron chi connectivity index (χ0n) is 13.5. The minimum Gasteiger partial charge on any atom is -0.179 e. The summed E-state index contributed by atoms with van der Waals surface area (Å²) >= 11 is 20.8. The average Bonchev–Trinajstić information content (AvgIpc) is 2.55.